The number of aliphatic hydroxyl groups is 2. The highest BCUT2D eigenvalue weighted by molar-refractivity contribution is 5.78. The Kier molecular flexibility index (Phi) is 4.86. The van der Waals surface area contributed by atoms with Crippen molar-refractivity contribution in [2.45, 2.75) is 57.2 Å². The number of hydrogen-bond acceptors (Lipinski definition) is 6. The van der Waals surface area contributed by atoms with Crippen LogP contribution >= 0.6 is 0 Å². The van der Waals surface area contributed by atoms with Crippen molar-refractivity contribution >= 4 is 5.52 Å². The highest BCUT2D eigenvalue weighted by Crippen LogP contribution is 2.41. The maximum absolute atomic E-state index is 10.1. The lowest BCUT2D eigenvalue weighted by Crippen LogP contribution is -2.47. The van der Waals surface area contributed by atoms with Crippen LogP contribution in [0.4, 0.5) is 0 Å². The van der Waals surface area contributed by atoms with Gasteiger partial charge in [-0.3, -0.25) is 9.36 Å². The number of fused-ring (bicyclic) bond motifs is 1. The summed E-state index contributed by atoms with van der Waals surface area (Å²) in [7, 11) is 0. The molecule has 0 bridgehead atoms. The zero-order valence-corrected chi connectivity index (χ0v) is 17.8. The van der Waals surface area contributed by atoms with Gasteiger partial charge in [0.05, 0.1) is 66.0 Å². The fourth-order valence-corrected chi connectivity index (χ4v) is 4.40. The van der Waals surface area contributed by atoms with Crippen molar-refractivity contribution in [3.63, 3.8) is 0 Å². The normalized spacial score (nSPS) is 21.1. The number of hydrogen-bond donors (Lipinski definition) is 2. The molecule has 1 fully saturated rings. The molecule has 0 aromatic carbocycles. The van der Waals surface area contributed by atoms with E-state index in [0.29, 0.717) is 18.9 Å². The van der Waals surface area contributed by atoms with E-state index in [0.717, 1.165) is 40.9 Å². The molecule has 0 atom stereocenters. The molecular formula is C22H27N7O2. The molecule has 1 aliphatic rings. The largest absolute Gasteiger partial charge is 0.393 e. The van der Waals surface area contributed by atoms with E-state index < -0.39 is 5.60 Å². The SMILES string of the molecule is CCC(CC)n1cc(-c2nc(-c3cnn([C@H]4C[C@@](O)(CO)C4)c3)cn3nccc23)cn1. The molecular weight excluding hydrogens is 394 g/mol. The molecule has 1 saturated carbocycles. The Balaban J connectivity index is 1.49. The van der Waals surface area contributed by atoms with Crippen molar-refractivity contribution < 1.29 is 10.2 Å². The van der Waals surface area contributed by atoms with Crippen LogP contribution in [0.25, 0.3) is 28.0 Å². The molecule has 0 aliphatic heterocycles. The summed E-state index contributed by atoms with van der Waals surface area (Å²) in [6.07, 6.45) is 14.4. The van der Waals surface area contributed by atoms with E-state index in [2.05, 4.69) is 35.3 Å². The molecule has 4 heterocycles. The van der Waals surface area contributed by atoms with Gasteiger partial charge in [-0.1, -0.05) is 13.8 Å². The minimum absolute atomic E-state index is 0.0806. The number of nitrogens with zero attached hydrogens (tertiary/aromatic N) is 7. The zero-order valence-electron chi connectivity index (χ0n) is 17.8. The molecule has 0 saturated heterocycles. The molecule has 0 spiro atoms. The van der Waals surface area contributed by atoms with E-state index in [1.54, 1.807) is 12.4 Å². The van der Waals surface area contributed by atoms with Crippen molar-refractivity contribution in [3.8, 4) is 22.5 Å². The van der Waals surface area contributed by atoms with Crippen LogP contribution in [0.15, 0.2) is 43.2 Å². The Bertz CT molecular complexity index is 1200. The molecule has 4 aromatic rings. The van der Waals surface area contributed by atoms with Crippen LogP contribution in [-0.4, -0.2) is 56.6 Å². The lowest BCUT2D eigenvalue weighted by atomic mass is 9.76. The van der Waals surface area contributed by atoms with Crippen molar-refractivity contribution in [2.75, 3.05) is 6.61 Å². The minimum atomic E-state index is -0.981. The molecule has 0 unspecified atom stereocenters. The second-order valence-electron chi connectivity index (χ2n) is 8.47. The molecule has 0 radical (unpaired) electrons. The van der Waals surface area contributed by atoms with Gasteiger partial charge in [-0.15, -0.1) is 0 Å². The van der Waals surface area contributed by atoms with Gasteiger partial charge in [-0.25, -0.2) is 9.50 Å². The van der Waals surface area contributed by atoms with E-state index in [-0.39, 0.29) is 12.6 Å². The molecule has 162 valence electrons. The molecule has 0 amide bonds. The second-order valence-corrected chi connectivity index (χ2v) is 8.47. The van der Waals surface area contributed by atoms with Gasteiger partial charge in [0.25, 0.3) is 0 Å². The zero-order chi connectivity index (χ0) is 21.6. The first-order valence-electron chi connectivity index (χ1n) is 10.8. The maximum Gasteiger partial charge on any atom is 0.0999 e. The summed E-state index contributed by atoms with van der Waals surface area (Å²) >= 11 is 0. The van der Waals surface area contributed by atoms with Gasteiger partial charge >= 0.3 is 0 Å². The summed E-state index contributed by atoms with van der Waals surface area (Å²) < 4.78 is 5.70. The fraction of sp³-hybridized carbons (Fsp3) is 0.455. The third-order valence-corrected chi connectivity index (χ3v) is 6.38. The van der Waals surface area contributed by atoms with E-state index >= 15 is 0 Å². The number of aliphatic hydroxyl groups excluding tert-OH is 1. The van der Waals surface area contributed by atoms with Crippen LogP contribution in [0.1, 0.15) is 51.6 Å². The Hall–Kier alpha value is -3.04. The summed E-state index contributed by atoms with van der Waals surface area (Å²) in [4.78, 5) is 4.94. The average molecular weight is 422 g/mol. The third-order valence-electron chi connectivity index (χ3n) is 6.38. The predicted octanol–water partition coefficient (Wildman–Crippen LogP) is 2.88. The van der Waals surface area contributed by atoms with Gasteiger partial charge in [0, 0.05) is 36.4 Å². The van der Waals surface area contributed by atoms with Crippen molar-refractivity contribution in [1.29, 1.82) is 0 Å². The van der Waals surface area contributed by atoms with E-state index in [4.69, 9.17) is 4.98 Å². The minimum Gasteiger partial charge on any atom is -0.393 e. The van der Waals surface area contributed by atoms with Gasteiger partial charge < -0.3 is 10.2 Å². The van der Waals surface area contributed by atoms with E-state index in [1.807, 2.05) is 38.5 Å². The summed E-state index contributed by atoms with van der Waals surface area (Å²) in [6.45, 7) is 4.12. The topological polar surface area (TPSA) is 106 Å². The molecule has 31 heavy (non-hydrogen) atoms. The van der Waals surface area contributed by atoms with Crippen molar-refractivity contribution in [1.82, 2.24) is 34.2 Å². The Morgan fingerprint density at radius 1 is 1.06 bits per heavy atom. The van der Waals surface area contributed by atoms with Crippen LogP contribution in [-0.2, 0) is 0 Å². The predicted molar refractivity (Wildman–Crippen MR) is 115 cm³/mol. The second kappa shape index (κ2) is 7.58. The molecule has 9 heteroatoms. The monoisotopic (exact) mass is 421 g/mol. The average Bonchev–Trinajstić information content (AvgIpc) is 3.52. The molecule has 4 aromatic heterocycles. The van der Waals surface area contributed by atoms with Gasteiger partial charge in [-0.2, -0.15) is 15.3 Å². The lowest BCUT2D eigenvalue weighted by Gasteiger charge is -2.42. The van der Waals surface area contributed by atoms with Gasteiger partial charge in [0.1, 0.15) is 0 Å². The molecule has 5 rings (SSSR count). The van der Waals surface area contributed by atoms with Crippen LogP contribution in [0, 0.1) is 0 Å². The van der Waals surface area contributed by atoms with Crippen LogP contribution < -0.4 is 0 Å². The van der Waals surface area contributed by atoms with Crippen LogP contribution in [0.2, 0.25) is 0 Å². The summed E-state index contributed by atoms with van der Waals surface area (Å²) in [6, 6.07) is 2.40. The lowest BCUT2D eigenvalue weighted by molar-refractivity contribution is -0.104. The summed E-state index contributed by atoms with van der Waals surface area (Å²) in [5, 5.41) is 32.8. The highest BCUT2D eigenvalue weighted by Gasteiger charge is 2.43. The fourth-order valence-electron chi connectivity index (χ4n) is 4.40. The van der Waals surface area contributed by atoms with Gasteiger partial charge in [-0.05, 0) is 18.9 Å². The Morgan fingerprint density at radius 2 is 1.84 bits per heavy atom. The van der Waals surface area contributed by atoms with Crippen molar-refractivity contribution in [2.24, 2.45) is 0 Å². The Labute approximate surface area is 180 Å². The van der Waals surface area contributed by atoms with Crippen LogP contribution in [0.5, 0.6) is 0 Å². The Morgan fingerprint density at radius 3 is 2.58 bits per heavy atom. The maximum atomic E-state index is 10.1. The smallest absolute Gasteiger partial charge is 0.0999 e. The quantitative estimate of drug-likeness (QED) is 0.475. The summed E-state index contributed by atoms with van der Waals surface area (Å²) in [5.74, 6) is 0. The van der Waals surface area contributed by atoms with Gasteiger partial charge in [0.2, 0.25) is 0 Å². The van der Waals surface area contributed by atoms with Crippen molar-refractivity contribution in [3.05, 3.63) is 43.2 Å². The van der Waals surface area contributed by atoms with E-state index in [9.17, 15) is 10.2 Å². The highest BCUT2D eigenvalue weighted by atomic mass is 16.3. The number of rotatable bonds is 7. The molecule has 9 nitrogen and oxygen atoms in total. The third kappa shape index (κ3) is 3.43. The van der Waals surface area contributed by atoms with E-state index in [1.165, 1.54) is 0 Å². The first kappa shape index (κ1) is 19.9. The van der Waals surface area contributed by atoms with Crippen LogP contribution in [0.3, 0.4) is 0 Å². The standard InChI is InChI=1S/C22H27N7O2/c1-3-17(4-2)27-12-16(10-25-27)21-20-5-6-23-29(20)13-19(26-21)15-9-24-28(11-15)18-7-22(31,8-18)14-30/h5-6,9-13,17-18,30-31H,3-4,7-8,14H2,1-2H3/t18-,22-. The van der Waals surface area contributed by atoms with Gasteiger partial charge in [0.15, 0.2) is 0 Å². The first-order chi connectivity index (χ1) is 15.0. The first-order valence-corrected chi connectivity index (χ1v) is 10.8. The molecule has 2 N–H and O–H groups in total. The summed E-state index contributed by atoms with van der Waals surface area (Å²) in [5.41, 5.74) is 3.38. The molecule has 1 aliphatic carbocycles. The number of aromatic nitrogens is 7.